The molecule has 0 N–H and O–H groups in total. The first-order chi connectivity index (χ1) is 6.26. The van der Waals surface area contributed by atoms with Crippen LogP contribution in [0.2, 0.25) is 0 Å². The molecule has 0 aromatic carbocycles. The lowest BCUT2D eigenvalue weighted by atomic mass is 9.80. The lowest BCUT2D eigenvalue weighted by Crippen LogP contribution is -2.58. The van der Waals surface area contributed by atoms with E-state index < -0.39 is 0 Å². The number of carbonyl (C=O) groups excluding carboxylic acids is 1. The Balaban J connectivity index is 0.000000791. The van der Waals surface area contributed by atoms with E-state index in [-0.39, 0.29) is 11.1 Å². The highest BCUT2D eigenvalue weighted by molar-refractivity contribution is 5.81. The Morgan fingerprint density at radius 3 is 1.57 bits per heavy atom. The van der Waals surface area contributed by atoms with E-state index in [1.807, 2.05) is 13.8 Å². The molecular formula is C12H25NO. The van der Waals surface area contributed by atoms with Crippen LogP contribution in [0.3, 0.4) is 0 Å². The molecule has 0 spiro atoms. The summed E-state index contributed by atoms with van der Waals surface area (Å²) in [4.78, 5) is 13.7. The quantitative estimate of drug-likeness (QED) is 0.598. The second-order valence-corrected chi connectivity index (χ2v) is 5.08. The van der Waals surface area contributed by atoms with Crippen molar-refractivity contribution >= 4 is 5.78 Å². The fraction of sp³-hybridized carbons (Fsp3) is 0.917. The highest BCUT2D eigenvalue weighted by Crippen LogP contribution is 2.34. The largest absolute Gasteiger partial charge is 0.300 e. The standard InChI is InChI=1S/C10H19NO.C2H6/c1-9(2)6-8(12)7-10(3,4)11(9)5;1-2/h6-7H2,1-5H3;1-2H3. The third-order valence-corrected chi connectivity index (χ3v) is 3.08. The van der Waals surface area contributed by atoms with Crippen LogP contribution in [0.5, 0.6) is 0 Å². The van der Waals surface area contributed by atoms with Gasteiger partial charge < -0.3 is 0 Å². The number of hydrogen-bond donors (Lipinski definition) is 0. The molecule has 14 heavy (non-hydrogen) atoms. The minimum Gasteiger partial charge on any atom is -0.300 e. The normalized spacial score (nSPS) is 25.2. The van der Waals surface area contributed by atoms with E-state index in [4.69, 9.17) is 0 Å². The van der Waals surface area contributed by atoms with Crippen LogP contribution in [0, 0.1) is 0 Å². The maximum atomic E-state index is 11.4. The van der Waals surface area contributed by atoms with Crippen LogP contribution in [0.25, 0.3) is 0 Å². The first-order valence-corrected chi connectivity index (χ1v) is 5.51. The summed E-state index contributed by atoms with van der Waals surface area (Å²) in [7, 11) is 2.10. The van der Waals surface area contributed by atoms with Crippen molar-refractivity contribution in [3.8, 4) is 0 Å². The summed E-state index contributed by atoms with van der Waals surface area (Å²) < 4.78 is 0. The molecule has 0 unspecified atom stereocenters. The zero-order valence-corrected chi connectivity index (χ0v) is 10.8. The number of hydrogen-bond acceptors (Lipinski definition) is 2. The van der Waals surface area contributed by atoms with Crippen LogP contribution in [0.15, 0.2) is 0 Å². The lowest BCUT2D eigenvalue weighted by Gasteiger charge is -2.50. The van der Waals surface area contributed by atoms with Gasteiger partial charge in [-0.3, -0.25) is 9.69 Å². The highest BCUT2D eigenvalue weighted by Gasteiger charge is 2.42. The Kier molecular flexibility index (Phi) is 4.32. The SMILES string of the molecule is CC.CN1C(C)(C)CC(=O)CC1(C)C. The molecule has 2 nitrogen and oxygen atoms in total. The number of piperidine rings is 1. The van der Waals surface area contributed by atoms with Gasteiger partial charge in [0, 0.05) is 23.9 Å². The molecule has 0 saturated carbocycles. The van der Waals surface area contributed by atoms with Crippen molar-refractivity contribution in [3.05, 3.63) is 0 Å². The molecule has 0 atom stereocenters. The van der Waals surface area contributed by atoms with E-state index in [9.17, 15) is 4.79 Å². The summed E-state index contributed by atoms with van der Waals surface area (Å²) in [5, 5.41) is 0. The van der Waals surface area contributed by atoms with E-state index in [1.165, 1.54) is 0 Å². The smallest absolute Gasteiger partial charge is 0.136 e. The molecular weight excluding hydrogens is 174 g/mol. The van der Waals surface area contributed by atoms with Gasteiger partial charge in [0.1, 0.15) is 5.78 Å². The van der Waals surface area contributed by atoms with Gasteiger partial charge in [0.15, 0.2) is 0 Å². The summed E-state index contributed by atoms with van der Waals surface area (Å²) in [5.41, 5.74) is 0.0532. The van der Waals surface area contributed by atoms with Gasteiger partial charge in [0.05, 0.1) is 0 Å². The molecule has 0 aliphatic carbocycles. The van der Waals surface area contributed by atoms with Crippen molar-refractivity contribution < 1.29 is 4.79 Å². The first-order valence-electron chi connectivity index (χ1n) is 5.51. The molecule has 2 heteroatoms. The average molecular weight is 199 g/mol. The number of rotatable bonds is 0. The van der Waals surface area contributed by atoms with Gasteiger partial charge in [0.2, 0.25) is 0 Å². The molecule has 0 amide bonds. The Hall–Kier alpha value is -0.370. The Morgan fingerprint density at radius 1 is 1.00 bits per heavy atom. The van der Waals surface area contributed by atoms with Crippen molar-refractivity contribution in [3.63, 3.8) is 0 Å². The predicted octanol–water partition coefficient (Wildman–Crippen LogP) is 2.86. The Labute approximate surface area is 88.7 Å². The molecule has 0 aromatic rings. The maximum absolute atomic E-state index is 11.4. The van der Waals surface area contributed by atoms with Gasteiger partial charge >= 0.3 is 0 Å². The molecule has 0 aromatic heterocycles. The van der Waals surface area contributed by atoms with Crippen molar-refractivity contribution in [2.75, 3.05) is 7.05 Å². The Morgan fingerprint density at radius 2 is 1.29 bits per heavy atom. The second kappa shape index (κ2) is 4.43. The van der Waals surface area contributed by atoms with Crippen molar-refractivity contribution in [1.82, 2.24) is 4.90 Å². The molecule has 1 aliphatic rings. The second-order valence-electron chi connectivity index (χ2n) is 5.08. The lowest BCUT2D eigenvalue weighted by molar-refractivity contribution is -0.131. The van der Waals surface area contributed by atoms with Crippen LogP contribution >= 0.6 is 0 Å². The molecule has 1 fully saturated rings. The molecule has 1 rings (SSSR count). The summed E-state index contributed by atoms with van der Waals surface area (Å²) in [5.74, 6) is 0.392. The van der Waals surface area contributed by atoms with Gasteiger partial charge in [-0.15, -0.1) is 0 Å². The summed E-state index contributed by atoms with van der Waals surface area (Å²) in [6.45, 7) is 12.5. The van der Waals surface area contributed by atoms with Gasteiger partial charge in [-0.05, 0) is 34.7 Å². The first kappa shape index (κ1) is 13.6. The number of ketones is 1. The van der Waals surface area contributed by atoms with E-state index in [2.05, 4.69) is 39.6 Å². The van der Waals surface area contributed by atoms with Gasteiger partial charge in [-0.25, -0.2) is 0 Å². The maximum Gasteiger partial charge on any atom is 0.136 e. The van der Waals surface area contributed by atoms with Crippen molar-refractivity contribution in [2.24, 2.45) is 0 Å². The molecule has 0 radical (unpaired) electrons. The van der Waals surface area contributed by atoms with Crippen LogP contribution in [-0.4, -0.2) is 28.8 Å². The summed E-state index contributed by atoms with van der Waals surface area (Å²) in [6.07, 6.45) is 1.37. The van der Waals surface area contributed by atoms with E-state index >= 15 is 0 Å². The molecule has 1 heterocycles. The zero-order valence-electron chi connectivity index (χ0n) is 10.8. The summed E-state index contributed by atoms with van der Waals surface area (Å²) >= 11 is 0. The van der Waals surface area contributed by atoms with E-state index in [1.54, 1.807) is 0 Å². The zero-order chi connectivity index (χ0) is 11.6. The Bertz CT molecular complexity index is 186. The van der Waals surface area contributed by atoms with E-state index in [0.29, 0.717) is 18.6 Å². The fourth-order valence-corrected chi connectivity index (χ4v) is 2.08. The van der Waals surface area contributed by atoms with Gasteiger partial charge in [-0.1, -0.05) is 13.8 Å². The monoisotopic (exact) mass is 199 g/mol. The number of Topliss-reactive ketones (excluding diaryl/α,β-unsaturated/α-hetero) is 1. The number of nitrogens with zero attached hydrogens (tertiary/aromatic N) is 1. The van der Waals surface area contributed by atoms with Crippen LogP contribution < -0.4 is 0 Å². The molecule has 0 bridgehead atoms. The van der Waals surface area contributed by atoms with Crippen molar-refractivity contribution in [2.45, 2.75) is 65.5 Å². The molecule has 1 saturated heterocycles. The molecule has 84 valence electrons. The highest BCUT2D eigenvalue weighted by atomic mass is 16.1. The fourth-order valence-electron chi connectivity index (χ4n) is 2.08. The van der Waals surface area contributed by atoms with Crippen LogP contribution in [0.1, 0.15) is 54.4 Å². The molecule has 1 aliphatic heterocycles. The third kappa shape index (κ3) is 2.81. The van der Waals surface area contributed by atoms with Crippen LogP contribution in [0.4, 0.5) is 0 Å². The predicted molar refractivity (Wildman–Crippen MR) is 61.5 cm³/mol. The van der Waals surface area contributed by atoms with Gasteiger partial charge in [-0.2, -0.15) is 0 Å². The summed E-state index contributed by atoms with van der Waals surface area (Å²) in [6, 6.07) is 0. The average Bonchev–Trinajstić information content (AvgIpc) is 2.02. The number of likely N-dealkylation sites (tertiary alicyclic amines) is 1. The van der Waals surface area contributed by atoms with Gasteiger partial charge in [0.25, 0.3) is 0 Å². The minimum atomic E-state index is 0.0266. The number of carbonyl (C=O) groups is 1. The minimum absolute atomic E-state index is 0.0266. The third-order valence-electron chi connectivity index (χ3n) is 3.08. The van der Waals surface area contributed by atoms with E-state index in [0.717, 1.165) is 0 Å². The topological polar surface area (TPSA) is 20.3 Å². The van der Waals surface area contributed by atoms with Crippen LogP contribution in [-0.2, 0) is 4.79 Å². The van der Waals surface area contributed by atoms with Crippen molar-refractivity contribution in [1.29, 1.82) is 0 Å².